The van der Waals surface area contributed by atoms with Gasteiger partial charge in [-0.25, -0.2) is 0 Å². The summed E-state index contributed by atoms with van der Waals surface area (Å²) in [6.07, 6.45) is 2.58. The molecule has 0 saturated heterocycles. The highest BCUT2D eigenvalue weighted by Crippen LogP contribution is 2.36. The first-order chi connectivity index (χ1) is 16.1. The summed E-state index contributed by atoms with van der Waals surface area (Å²) >= 11 is 0. The summed E-state index contributed by atoms with van der Waals surface area (Å²) in [5.41, 5.74) is -0.835. The Balaban J connectivity index is 1.84. The molecule has 0 aliphatic heterocycles. The zero-order chi connectivity index (χ0) is 25.1. The summed E-state index contributed by atoms with van der Waals surface area (Å²) in [5.74, 6) is -0.597. The Morgan fingerprint density at radius 3 is 2.74 bits per heavy atom. The summed E-state index contributed by atoms with van der Waals surface area (Å²) in [7, 11) is 0. The van der Waals surface area contributed by atoms with Crippen LogP contribution in [0.2, 0.25) is 0 Å². The van der Waals surface area contributed by atoms with Crippen molar-refractivity contribution < 1.29 is 38.0 Å². The predicted molar refractivity (Wildman–Crippen MR) is 122 cm³/mol. The zero-order valence-corrected chi connectivity index (χ0v) is 19.2. The summed E-state index contributed by atoms with van der Waals surface area (Å²) in [4.78, 5) is 11.4. The van der Waals surface area contributed by atoms with Crippen LogP contribution in [0, 0.1) is 11.8 Å². The monoisotopic (exact) mass is 485 g/mol. The molecule has 0 bridgehead atoms. The molecule has 0 spiro atoms. The molecule has 1 aromatic rings. The van der Waals surface area contributed by atoms with Gasteiger partial charge in [-0.15, -0.1) is 0 Å². The maximum atomic E-state index is 12.8. The van der Waals surface area contributed by atoms with Crippen LogP contribution in [0.25, 0.3) is 0 Å². The third kappa shape index (κ3) is 9.12. The number of rotatable bonds is 12. The highest BCUT2D eigenvalue weighted by atomic mass is 19.4. The van der Waals surface area contributed by atoms with E-state index in [9.17, 15) is 33.3 Å². The molecule has 9 heteroatoms. The molecule has 6 nitrogen and oxygen atoms in total. The van der Waals surface area contributed by atoms with Gasteiger partial charge in [-0.3, -0.25) is 4.79 Å². The number of hydrogen-bond donors (Lipinski definition) is 4. The van der Waals surface area contributed by atoms with E-state index in [0.717, 1.165) is 25.0 Å². The van der Waals surface area contributed by atoms with E-state index >= 15 is 0 Å². The molecule has 4 N–H and O–H groups in total. The van der Waals surface area contributed by atoms with E-state index in [0.29, 0.717) is 19.4 Å². The van der Waals surface area contributed by atoms with Crippen molar-refractivity contribution in [1.29, 1.82) is 0 Å². The van der Waals surface area contributed by atoms with Crippen LogP contribution < -0.4 is 10.1 Å². The lowest BCUT2D eigenvalue weighted by Crippen LogP contribution is -2.22. The number of carbonyl (C=O) groups excluding carboxylic acids is 1. The number of allylic oxidation sites excluding steroid dienone is 2. The molecular formula is C25H34F3NO5. The molecule has 0 unspecified atom stereocenters. The van der Waals surface area contributed by atoms with Crippen LogP contribution in [0.3, 0.4) is 0 Å². The van der Waals surface area contributed by atoms with Crippen molar-refractivity contribution in [3.05, 3.63) is 54.1 Å². The molecule has 1 amide bonds. The van der Waals surface area contributed by atoms with Crippen molar-refractivity contribution in [1.82, 2.24) is 5.32 Å². The van der Waals surface area contributed by atoms with Gasteiger partial charge in [-0.05, 0) is 50.3 Å². The predicted octanol–water partition coefficient (Wildman–Crippen LogP) is 3.61. The van der Waals surface area contributed by atoms with Gasteiger partial charge in [0.1, 0.15) is 18.5 Å². The fourth-order valence-electron chi connectivity index (χ4n) is 4.00. The number of alkyl halides is 3. The fourth-order valence-corrected chi connectivity index (χ4v) is 4.00. The van der Waals surface area contributed by atoms with Crippen molar-refractivity contribution >= 4 is 5.91 Å². The van der Waals surface area contributed by atoms with Gasteiger partial charge in [-0.2, -0.15) is 13.2 Å². The van der Waals surface area contributed by atoms with Crippen LogP contribution in [0.1, 0.15) is 44.6 Å². The standard InChI is InChI=1S/C25H34F3NO5/c1-2-29-24(33)11-6-4-3-5-10-20-21(23(32)15-22(20)31)13-12-18(30)16-34-19-9-7-8-17(14-19)25(26,27)28/h3,5,7-9,12-14,18,20-23,30-32H,2,4,6,10-11,15-16H2,1H3,(H,29,33)/b5-3+,13-12+/t18-,20-,21-,22+,23-/m1/s1. The topological polar surface area (TPSA) is 99.0 Å². The van der Waals surface area contributed by atoms with Crippen LogP contribution in [-0.2, 0) is 11.0 Å². The minimum Gasteiger partial charge on any atom is -0.491 e. The molecule has 2 rings (SSSR count). The number of unbranched alkanes of at least 4 members (excludes halogenated alkanes) is 1. The molecule has 5 atom stereocenters. The number of carbonyl (C=O) groups is 1. The van der Waals surface area contributed by atoms with E-state index in [1.807, 2.05) is 19.1 Å². The summed E-state index contributed by atoms with van der Waals surface area (Å²) < 4.78 is 43.7. The third-order valence-corrected chi connectivity index (χ3v) is 5.78. The van der Waals surface area contributed by atoms with Crippen LogP contribution in [0.5, 0.6) is 5.75 Å². The molecule has 0 radical (unpaired) electrons. The van der Waals surface area contributed by atoms with E-state index in [1.54, 1.807) is 6.08 Å². The Kier molecular flexibility index (Phi) is 11.1. The minimum absolute atomic E-state index is 0.00575. The summed E-state index contributed by atoms with van der Waals surface area (Å²) in [6, 6.07) is 4.41. The maximum absolute atomic E-state index is 12.8. The number of aliphatic hydroxyl groups is 3. The molecule has 1 aromatic carbocycles. The second kappa shape index (κ2) is 13.5. The number of amides is 1. The first-order valence-corrected chi connectivity index (χ1v) is 11.6. The lowest BCUT2D eigenvalue weighted by molar-refractivity contribution is -0.137. The van der Waals surface area contributed by atoms with Crippen LogP contribution >= 0.6 is 0 Å². The maximum Gasteiger partial charge on any atom is 0.416 e. The largest absolute Gasteiger partial charge is 0.491 e. The number of aliphatic hydroxyl groups excluding tert-OH is 3. The molecule has 1 fully saturated rings. The number of hydrogen-bond acceptors (Lipinski definition) is 5. The van der Waals surface area contributed by atoms with Gasteiger partial charge in [0.05, 0.1) is 17.8 Å². The quantitative estimate of drug-likeness (QED) is 0.268. The minimum atomic E-state index is -4.48. The SMILES string of the molecule is CCNC(=O)CCC/C=C/C[C@@H]1[C@@H](/C=C/[C@@H](O)COc2cccc(C(F)(F)F)c2)[C@H](O)C[C@@H]1O. The fraction of sp³-hybridized carbons (Fsp3) is 0.560. The molecule has 1 saturated carbocycles. The van der Waals surface area contributed by atoms with Crippen molar-refractivity contribution in [2.24, 2.45) is 11.8 Å². The smallest absolute Gasteiger partial charge is 0.416 e. The number of benzene rings is 1. The number of ether oxygens (including phenoxy) is 1. The lowest BCUT2D eigenvalue weighted by atomic mass is 9.89. The van der Waals surface area contributed by atoms with E-state index < -0.39 is 30.1 Å². The Hall–Kier alpha value is -2.36. The molecule has 1 aliphatic rings. The van der Waals surface area contributed by atoms with Crippen molar-refractivity contribution in [3.8, 4) is 5.75 Å². The average molecular weight is 486 g/mol. The molecule has 0 aromatic heterocycles. The number of halogens is 3. The highest BCUT2D eigenvalue weighted by Gasteiger charge is 2.39. The van der Waals surface area contributed by atoms with E-state index in [-0.39, 0.29) is 36.5 Å². The lowest BCUT2D eigenvalue weighted by Gasteiger charge is -2.19. The van der Waals surface area contributed by atoms with Crippen LogP contribution in [0.15, 0.2) is 48.6 Å². The van der Waals surface area contributed by atoms with Crippen LogP contribution in [0.4, 0.5) is 13.2 Å². The van der Waals surface area contributed by atoms with Gasteiger partial charge >= 0.3 is 6.18 Å². The molecule has 190 valence electrons. The van der Waals surface area contributed by atoms with Crippen molar-refractivity contribution in [2.75, 3.05) is 13.2 Å². The Bertz CT molecular complexity index is 827. The first-order valence-electron chi connectivity index (χ1n) is 11.6. The Labute approximate surface area is 198 Å². The number of nitrogens with one attached hydrogen (secondary N) is 1. The molecular weight excluding hydrogens is 451 g/mol. The van der Waals surface area contributed by atoms with Gasteiger partial charge in [0.25, 0.3) is 0 Å². The van der Waals surface area contributed by atoms with E-state index in [1.165, 1.54) is 18.2 Å². The van der Waals surface area contributed by atoms with E-state index in [4.69, 9.17) is 4.74 Å². The third-order valence-electron chi connectivity index (χ3n) is 5.78. The second-order valence-corrected chi connectivity index (χ2v) is 8.45. The van der Waals surface area contributed by atoms with Crippen molar-refractivity contribution in [3.63, 3.8) is 0 Å². The Morgan fingerprint density at radius 1 is 1.26 bits per heavy atom. The van der Waals surface area contributed by atoms with E-state index in [2.05, 4.69) is 5.32 Å². The van der Waals surface area contributed by atoms with Gasteiger partial charge in [0.2, 0.25) is 5.91 Å². The zero-order valence-electron chi connectivity index (χ0n) is 19.2. The molecule has 34 heavy (non-hydrogen) atoms. The van der Waals surface area contributed by atoms with Gasteiger partial charge in [-0.1, -0.05) is 30.4 Å². The van der Waals surface area contributed by atoms with Gasteiger partial charge in [0.15, 0.2) is 0 Å². The highest BCUT2D eigenvalue weighted by molar-refractivity contribution is 5.75. The normalized spacial score (nSPS) is 24.1. The van der Waals surface area contributed by atoms with Gasteiger partial charge in [0, 0.05) is 25.3 Å². The van der Waals surface area contributed by atoms with Gasteiger partial charge < -0.3 is 25.4 Å². The molecule has 0 heterocycles. The first kappa shape index (κ1) is 27.9. The van der Waals surface area contributed by atoms with Crippen molar-refractivity contribution in [2.45, 2.75) is 63.5 Å². The van der Waals surface area contributed by atoms with Crippen LogP contribution in [-0.4, -0.2) is 52.7 Å². The Morgan fingerprint density at radius 2 is 2.03 bits per heavy atom. The molecule has 1 aliphatic carbocycles. The average Bonchev–Trinajstić information content (AvgIpc) is 3.05. The summed E-state index contributed by atoms with van der Waals surface area (Å²) in [6.45, 7) is 2.23. The summed E-state index contributed by atoms with van der Waals surface area (Å²) in [5, 5.41) is 33.5. The second-order valence-electron chi connectivity index (χ2n) is 8.45.